The molecule has 2 aromatic heterocycles. The number of aromatic amines is 1. The molecule has 4 heteroatoms. The van der Waals surface area contributed by atoms with Crippen molar-refractivity contribution in [3.05, 3.63) is 72.6 Å². The SMILES string of the molecule is N#Cc1cnccc1-c1nc2c3ccccc3c3ccccc3c2[nH]1. The van der Waals surface area contributed by atoms with Crippen LogP contribution in [0, 0.1) is 11.3 Å². The molecule has 0 spiro atoms. The lowest BCUT2D eigenvalue weighted by Gasteiger charge is -2.05. The number of imidazole rings is 1. The third kappa shape index (κ3) is 1.93. The first-order chi connectivity index (χ1) is 12.4. The normalized spacial score (nSPS) is 11.2. The maximum absolute atomic E-state index is 9.37. The number of nitrogens with one attached hydrogen (secondary N) is 1. The Labute approximate surface area is 143 Å². The van der Waals surface area contributed by atoms with Gasteiger partial charge in [-0.1, -0.05) is 48.5 Å². The number of pyridine rings is 1. The summed E-state index contributed by atoms with van der Waals surface area (Å²) in [6, 6.07) is 20.6. The van der Waals surface area contributed by atoms with Crippen LogP contribution in [0.3, 0.4) is 0 Å². The fraction of sp³-hybridized carbons (Fsp3) is 0. The van der Waals surface area contributed by atoms with Crippen molar-refractivity contribution in [3.63, 3.8) is 0 Å². The second-order valence-corrected chi connectivity index (χ2v) is 5.93. The van der Waals surface area contributed by atoms with Crippen LogP contribution in [0.15, 0.2) is 67.0 Å². The number of fused-ring (bicyclic) bond motifs is 6. The number of aromatic nitrogens is 3. The zero-order chi connectivity index (χ0) is 16.8. The Bertz CT molecular complexity index is 1240. The summed E-state index contributed by atoms with van der Waals surface area (Å²) in [5.41, 5.74) is 3.19. The van der Waals surface area contributed by atoms with Crippen molar-refractivity contribution >= 4 is 32.6 Å². The van der Waals surface area contributed by atoms with Gasteiger partial charge in [-0.05, 0) is 16.8 Å². The van der Waals surface area contributed by atoms with E-state index in [1.807, 2.05) is 24.3 Å². The van der Waals surface area contributed by atoms with Crippen LogP contribution in [0.5, 0.6) is 0 Å². The molecule has 0 saturated heterocycles. The van der Waals surface area contributed by atoms with Crippen LogP contribution in [-0.2, 0) is 0 Å². The molecule has 25 heavy (non-hydrogen) atoms. The first kappa shape index (κ1) is 13.7. The van der Waals surface area contributed by atoms with Gasteiger partial charge in [0.05, 0.1) is 16.6 Å². The molecule has 1 N–H and O–H groups in total. The molecular weight excluding hydrogens is 308 g/mol. The zero-order valence-electron chi connectivity index (χ0n) is 13.2. The van der Waals surface area contributed by atoms with Crippen molar-refractivity contribution in [2.24, 2.45) is 0 Å². The number of H-pyrrole nitrogens is 1. The summed E-state index contributed by atoms with van der Waals surface area (Å²) in [4.78, 5) is 12.3. The number of hydrogen-bond acceptors (Lipinski definition) is 3. The van der Waals surface area contributed by atoms with Crippen molar-refractivity contribution in [2.45, 2.75) is 0 Å². The molecule has 0 fully saturated rings. The molecule has 0 amide bonds. The van der Waals surface area contributed by atoms with E-state index < -0.39 is 0 Å². The van der Waals surface area contributed by atoms with Gasteiger partial charge in [0.15, 0.2) is 0 Å². The van der Waals surface area contributed by atoms with Gasteiger partial charge in [-0.2, -0.15) is 5.26 Å². The topological polar surface area (TPSA) is 65.4 Å². The molecule has 2 heterocycles. The first-order valence-corrected chi connectivity index (χ1v) is 8.00. The Morgan fingerprint density at radius 3 is 2.28 bits per heavy atom. The molecular formula is C21H12N4. The van der Waals surface area contributed by atoms with Gasteiger partial charge < -0.3 is 4.98 Å². The Morgan fingerprint density at radius 1 is 0.840 bits per heavy atom. The van der Waals surface area contributed by atoms with Gasteiger partial charge in [0.1, 0.15) is 11.9 Å². The molecule has 0 radical (unpaired) electrons. The van der Waals surface area contributed by atoms with E-state index in [-0.39, 0.29) is 0 Å². The Hall–Kier alpha value is -3.71. The summed E-state index contributed by atoms with van der Waals surface area (Å²) in [7, 11) is 0. The van der Waals surface area contributed by atoms with Crippen LogP contribution in [0.2, 0.25) is 0 Å². The van der Waals surface area contributed by atoms with Crippen molar-refractivity contribution in [2.75, 3.05) is 0 Å². The fourth-order valence-electron chi connectivity index (χ4n) is 3.44. The fourth-order valence-corrected chi connectivity index (χ4v) is 3.44. The van der Waals surface area contributed by atoms with E-state index in [1.54, 1.807) is 12.4 Å². The molecule has 0 aliphatic heterocycles. The highest BCUT2D eigenvalue weighted by Crippen LogP contribution is 2.35. The van der Waals surface area contributed by atoms with Crippen LogP contribution >= 0.6 is 0 Å². The Kier molecular flexibility index (Phi) is 2.82. The number of hydrogen-bond donors (Lipinski definition) is 1. The number of rotatable bonds is 1. The van der Waals surface area contributed by atoms with Crippen LogP contribution < -0.4 is 0 Å². The first-order valence-electron chi connectivity index (χ1n) is 8.00. The Balaban J connectivity index is 1.97. The largest absolute Gasteiger partial charge is 0.337 e. The van der Waals surface area contributed by atoms with Gasteiger partial charge in [0.25, 0.3) is 0 Å². The molecule has 3 aromatic carbocycles. The third-order valence-electron chi connectivity index (χ3n) is 4.57. The van der Waals surface area contributed by atoms with E-state index >= 15 is 0 Å². The van der Waals surface area contributed by atoms with Gasteiger partial charge in [-0.15, -0.1) is 0 Å². The van der Waals surface area contributed by atoms with Gasteiger partial charge in [-0.3, -0.25) is 4.98 Å². The van der Waals surface area contributed by atoms with E-state index in [4.69, 9.17) is 4.98 Å². The standard InChI is InChI=1S/C21H12N4/c22-11-13-12-23-10-9-14(13)21-24-19-17-7-3-1-5-15(17)16-6-2-4-8-18(16)20(19)25-21/h1-10,12H,(H,24,25). The Morgan fingerprint density at radius 2 is 1.52 bits per heavy atom. The number of benzene rings is 3. The quantitative estimate of drug-likeness (QED) is 0.451. The molecule has 4 nitrogen and oxygen atoms in total. The van der Waals surface area contributed by atoms with E-state index in [9.17, 15) is 5.26 Å². The summed E-state index contributed by atoms with van der Waals surface area (Å²) >= 11 is 0. The lowest BCUT2D eigenvalue weighted by Crippen LogP contribution is -1.87. The van der Waals surface area contributed by atoms with Crippen molar-refractivity contribution in [1.82, 2.24) is 15.0 Å². The molecule has 0 aliphatic carbocycles. The monoisotopic (exact) mass is 320 g/mol. The van der Waals surface area contributed by atoms with Crippen LogP contribution in [0.1, 0.15) is 5.56 Å². The van der Waals surface area contributed by atoms with E-state index in [0.29, 0.717) is 11.4 Å². The van der Waals surface area contributed by atoms with Crippen molar-refractivity contribution in [1.29, 1.82) is 5.26 Å². The predicted octanol–water partition coefficient (Wildman–Crippen LogP) is 4.80. The van der Waals surface area contributed by atoms with Gasteiger partial charge >= 0.3 is 0 Å². The van der Waals surface area contributed by atoms with Crippen LogP contribution in [-0.4, -0.2) is 15.0 Å². The highest BCUT2D eigenvalue weighted by molar-refractivity contribution is 6.23. The molecule has 0 bridgehead atoms. The van der Waals surface area contributed by atoms with Crippen LogP contribution in [0.4, 0.5) is 0 Å². The average Bonchev–Trinajstić information content (AvgIpc) is 3.14. The molecule has 116 valence electrons. The minimum Gasteiger partial charge on any atom is -0.337 e. The number of nitrogens with zero attached hydrogens (tertiary/aromatic N) is 3. The molecule has 0 atom stereocenters. The zero-order valence-corrected chi connectivity index (χ0v) is 13.2. The minimum absolute atomic E-state index is 0.509. The molecule has 5 rings (SSSR count). The lowest BCUT2D eigenvalue weighted by atomic mass is 10.0. The molecule has 5 aromatic rings. The van der Waals surface area contributed by atoms with Crippen molar-refractivity contribution < 1.29 is 0 Å². The summed E-state index contributed by atoms with van der Waals surface area (Å²) in [5.74, 6) is 0.690. The second kappa shape index (κ2) is 5.15. The van der Waals surface area contributed by atoms with E-state index in [1.165, 1.54) is 10.8 Å². The predicted molar refractivity (Wildman–Crippen MR) is 99.1 cm³/mol. The molecule has 0 unspecified atom stereocenters. The molecule has 0 saturated carbocycles. The van der Waals surface area contributed by atoms with Gasteiger partial charge in [0, 0.05) is 28.7 Å². The second-order valence-electron chi connectivity index (χ2n) is 5.93. The number of nitriles is 1. The summed E-state index contributed by atoms with van der Waals surface area (Å²) in [6.45, 7) is 0. The maximum Gasteiger partial charge on any atom is 0.139 e. The summed E-state index contributed by atoms with van der Waals surface area (Å²) in [5, 5.41) is 14.0. The maximum atomic E-state index is 9.37. The average molecular weight is 320 g/mol. The van der Waals surface area contributed by atoms with Crippen molar-refractivity contribution in [3.8, 4) is 17.5 Å². The molecule has 0 aliphatic rings. The van der Waals surface area contributed by atoms with Gasteiger partial charge in [-0.25, -0.2) is 4.98 Å². The summed E-state index contributed by atoms with van der Waals surface area (Å²) in [6.07, 6.45) is 3.25. The highest BCUT2D eigenvalue weighted by Gasteiger charge is 2.15. The lowest BCUT2D eigenvalue weighted by molar-refractivity contribution is 1.26. The minimum atomic E-state index is 0.509. The third-order valence-corrected chi connectivity index (χ3v) is 4.57. The van der Waals surface area contributed by atoms with Crippen LogP contribution in [0.25, 0.3) is 44.0 Å². The van der Waals surface area contributed by atoms with Gasteiger partial charge in [0.2, 0.25) is 0 Å². The smallest absolute Gasteiger partial charge is 0.139 e. The summed E-state index contributed by atoms with van der Waals surface area (Å²) < 4.78 is 0. The van der Waals surface area contributed by atoms with E-state index in [0.717, 1.165) is 27.4 Å². The van der Waals surface area contributed by atoms with E-state index in [2.05, 4.69) is 46.4 Å². The highest BCUT2D eigenvalue weighted by atomic mass is 14.9.